The third-order valence-corrected chi connectivity index (χ3v) is 2.19. The van der Waals surface area contributed by atoms with Gasteiger partial charge in [0.15, 0.2) is 0 Å². The topological polar surface area (TPSA) is 17.1 Å². The van der Waals surface area contributed by atoms with Crippen molar-refractivity contribution in [2.45, 2.75) is 6.42 Å². The number of hydrogen-bond donors (Lipinski definition) is 0. The molecule has 0 saturated heterocycles. The molecule has 0 saturated carbocycles. The molecule has 0 N–H and O–H groups in total. The van der Waals surface area contributed by atoms with E-state index in [1.54, 1.807) is 6.07 Å². The van der Waals surface area contributed by atoms with Gasteiger partial charge in [-0.1, -0.05) is 34.1 Å². The van der Waals surface area contributed by atoms with Gasteiger partial charge in [0.1, 0.15) is 0 Å². The van der Waals surface area contributed by atoms with Crippen LogP contribution in [0.2, 0.25) is 0 Å². The Bertz CT molecular complexity index is 286. The van der Waals surface area contributed by atoms with E-state index in [1.165, 1.54) is 0 Å². The molecule has 0 aliphatic rings. The van der Waals surface area contributed by atoms with Crippen molar-refractivity contribution < 1.29 is 4.79 Å². The van der Waals surface area contributed by atoms with Gasteiger partial charge in [0.05, 0.1) is 0 Å². The van der Waals surface area contributed by atoms with Crippen LogP contribution in [0.1, 0.15) is 15.9 Å². The lowest BCUT2D eigenvalue weighted by Gasteiger charge is -2.02. The predicted octanol–water partition coefficient (Wildman–Crippen LogP) is 3.00. The Morgan fingerprint density at radius 2 is 2.08 bits per heavy atom. The Hall–Kier alpha value is -0.340. The van der Waals surface area contributed by atoms with Crippen LogP contribution in [0.4, 0.5) is 0 Å². The highest BCUT2D eigenvalue weighted by Crippen LogP contribution is 2.12. The van der Waals surface area contributed by atoms with Crippen LogP contribution in [-0.4, -0.2) is 10.6 Å². The molecule has 3 heteroatoms. The fourth-order valence-corrected chi connectivity index (χ4v) is 1.64. The van der Waals surface area contributed by atoms with Crippen molar-refractivity contribution in [3.63, 3.8) is 0 Å². The van der Waals surface area contributed by atoms with E-state index in [1.807, 2.05) is 18.2 Å². The number of aryl methyl sites for hydroxylation is 1. The third kappa shape index (κ3) is 2.32. The van der Waals surface area contributed by atoms with Crippen LogP contribution < -0.4 is 0 Å². The van der Waals surface area contributed by atoms with E-state index in [9.17, 15) is 4.79 Å². The van der Waals surface area contributed by atoms with Crippen molar-refractivity contribution in [1.29, 1.82) is 0 Å². The number of carbonyl (C=O) groups is 1. The van der Waals surface area contributed by atoms with Gasteiger partial charge in [0.25, 0.3) is 5.24 Å². The minimum Gasteiger partial charge on any atom is -0.276 e. The van der Waals surface area contributed by atoms with Gasteiger partial charge < -0.3 is 0 Å². The maximum absolute atomic E-state index is 10.9. The SMILES string of the molecule is O=C(Cl)c1ccccc1CCBr. The van der Waals surface area contributed by atoms with Gasteiger partial charge in [-0.2, -0.15) is 0 Å². The molecule has 0 bridgehead atoms. The Morgan fingerprint density at radius 1 is 1.42 bits per heavy atom. The lowest BCUT2D eigenvalue weighted by Crippen LogP contribution is -1.97. The number of alkyl halides is 1. The van der Waals surface area contributed by atoms with Crippen molar-refractivity contribution in [1.82, 2.24) is 0 Å². The van der Waals surface area contributed by atoms with Crippen LogP contribution in [0.15, 0.2) is 24.3 Å². The van der Waals surface area contributed by atoms with Crippen LogP contribution in [0.25, 0.3) is 0 Å². The van der Waals surface area contributed by atoms with Crippen molar-refractivity contribution in [2.75, 3.05) is 5.33 Å². The first-order valence-corrected chi connectivity index (χ1v) is 5.09. The van der Waals surface area contributed by atoms with Gasteiger partial charge in [-0.3, -0.25) is 4.79 Å². The lowest BCUT2D eigenvalue weighted by atomic mass is 10.1. The molecule has 0 heterocycles. The molecule has 1 nitrogen and oxygen atoms in total. The molecule has 1 aromatic rings. The van der Waals surface area contributed by atoms with Gasteiger partial charge in [0.2, 0.25) is 0 Å². The van der Waals surface area contributed by atoms with Crippen molar-refractivity contribution in [2.24, 2.45) is 0 Å². The second kappa shape index (κ2) is 4.63. The van der Waals surface area contributed by atoms with E-state index >= 15 is 0 Å². The first kappa shape index (κ1) is 9.75. The number of benzene rings is 1. The summed E-state index contributed by atoms with van der Waals surface area (Å²) in [5, 5.41) is 0.459. The summed E-state index contributed by atoms with van der Waals surface area (Å²) in [6, 6.07) is 7.37. The highest BCUT2D eigenvalue weighted by atomic mass is 79.9. The second-order valence-electron chi connectivity index (χ2n) is 2.37. The van der Waals surface area contributed by atoms with Crippen LogP contribution >= 0.6 is 27.5 Å². The van der Waals surface area contributed by atoms with Crippen LogP contribution in [0, 0.1) is 0 Å². The molecule has 0 aliphatic heterocycles. The fraction of sp³-hybridized carbons (Fsp3) is 0.222. The number of halogens is 2. The quantitative estimate of drug-likeness (QED) is 0.593. The maximum atomic E-state index is 10.9. The zero-order chi connectivity index (χ0) is 8.97. The molecule has 0 amide bonds. The fourth-order valence-electron chi connectivity index (χ4n) is 1.03. The predicted molar refractivity (Wildman–Crippen MR) is 54.1 cm³/mol. The normalized spacial score (nSPS) is 9.83. The van der Waals surface area contributed by atoms with E-state index in [0.717, 1.165) is 17.3 Å². The van der Waals surface area contributed by atoms with Crippen LogP contribution in [0.3, 0.4) is 0 Å². The average molecular weight is 248 g/mol. The summed E-state index contributed by atoms with van der Waals surface area (Å²) in [7, 11) is 0. The Kier molecular flexibility index (Phi) is 3.76. The molecule has 0 spiro atoms. The van der Waals surface area contributed by atoms with Crippen molar-refractivity contribution >= 4 is 32.8 Å². The van der Waals surface area contributed by atoms with Gasteiger partial charge in [0, 0.05) is 10.9 Å². The zero-order valence-electron chi connectivity index (χ0n) is 6.39. The average Bonchev–Trinajstić information content (AvgIpc) is 2.05. The van der Waals surface area contributed by atoms with Gasteiger partial charge >= 0.3 is 0 Å². The first-order valence-electron chi connectivity index (χ1n) is 3.59. The third-order valence-electron chi connectivity index (χ3n) is 1.59. The molecule has 0 atom stereocenters. The van der Waals surface area contributed by atoms with Gasteiger partial charge in [-0.25, -0.2) is 0 Å². The summed E-state index contributed by atoms with van der Waals surface area (Å²) in [6.07, 6.45) is 0.828. The summed E-state index contributed by atoms with van der Waals surface area (Å²) in [5.74, 6) is 0. The first-order chi connectivity index (χ1) is 5.75. The molecule has 0 aromatic heterocycles. The lowest BCUT2D eigenvalue weighted by molar-refractivity contribution is 0.108. The molecule has 0 unspecified atom stereocenters. The van der Waals surface area contributed by atoms with Crippen molar-refractivity contribution in [3.8, 4) is 0 Å². The molecule has 1 rings (SSSR count). The highest BCUT2D eigenvalue weighted by Gasteiger charge is 2.06. The zero-order valence-corrected chi connectivity index (χ0v) is 8.73. The number of hydrogen-bond acceptors (Lipinski definition) is 1. The van der Waals surface area contributed by atoms with E-state index in [0.29, 0.717) is 5.56 Å². The second-order valence-corrected chi connectivity index (χ2v) is 3.51. The standard InChI is InChI=1S/C9H8BrClO/c10-6-5-7-3-1-2-4-8(7)9(11)12/h1-4H,5-6H2. The van der Waals surface area contributed by atoms with Crippen molar-refractivity contribution in [3.05, 3.63) is 35.4 Å². The summed E-state index contributed by atoms with van der Waals surface area (Å²) in [5.41, 5.74) is 1.60. The minimum absolute atomic E-state index is 0.383. The highest BCUT2D eigenvalue weighted by molar-refractivity contribution is 9.09. The molecule has 0 aliphatic carbocycles. The molecule has 12 heavy (non-hydrogen) atoms. The monoisotopic (exact) mass is 246 g/mol. The van der Waals surface area contributed by atoms with E-state index < -0.39 is 0 Å². The summed E-state index contributed by atoms with van der Waals surface area (Å²) < 4.78 is 0. The van der Waals surface area contributed by atoms with Crippen LogP contribution in [-0.2, 0) is 6.42 Å². The van der Waals surface area contributed by atoms with E-state index in [-0.39, 0.29) is 5.24 Å². The van der Waals surface area contributed by atoms with Crippen LogP contribution in [0.5, 0.6) is 0 Å². The molecule has 0 radical (unpaired) electrons. The molecule has 64 valence electrons. The minimum atomic E-state index is -0.383. The largest absolute Gasteiger partial charge is 0.276 e. The Morgan fingerprint density at radius 3 is 2.67 bits per heavy atom. The Labute approximate surface area is 84.9 Å². The smallest absolute Gasteiger partial charge is 0.252 e. The maximum Gasteiger partial charge on any atom is 0.252 e. The number of rotatable bonds is 3. The summed E-state index contributed by atoms with van der Waals surface area (Å²) in [4.78, 5) is 10.9. The Balaban J connectivity index is 3.00. The summed E-state index contributed by atoms with van der Waals surface area (Å²) in [6.45, 7) is 0. The van der Waals surface area contributed by atoms with E-state index in [2.05, 4.69) is 15.9 Å². The molecular weight excluding hydrogens is 239 g/mol. The summed E-state index contributed by atoms with van der Waals surface area (Å²) >= 11 is 8.70. The molecular formula is C9H8BrClO. The number of carbonyl (C=O) groups excluding carboxylic acids is 1. The molecule has 1 aromatic carbocycles. The molecule has 0 fully saturated rings. The van der Waals surface area contributed by atoms with E-state index in [4.69, 9.17) is 11.6 Å². The van der Waals surface area contributed by atoms with Gasteiger partial charge in [-0.05, 0) is 29.7 Å². The van der Waals surface area contributed by atoms with Gasteiger partial charge in [-0.15, -0.1) is 0 Å².